The molecule has 0 heterocycles. The molecule has 34 heavy (non-hydrogen) atoms. The SMILES string of the molecule is CCCCCCCCCCCCOc1ccc(/C=N\NC(=O)c2ccc(C(C)(C)C)cc2)cc1. The van der Waals surface area contributed by atoms with E-state index in [1.165, 1.54) is 63.4 Å². The number of nitrogens with one attached hydrogen (secondary N) is 1. The standard InChI is InChI=1S/C30H44N2O2/c1-5-6-7-8-9-10-11-12-13-14-23-34-28-21-15-25(16-22-28)24-31-32-29(33)26-17-19-27(20-18-26)30(2,3)4/h15-22,24H,5-14,23H2,1-4H3,(H,32,33)/b31-24-. The maximum Gasteiger partial charge on any atom is 0.271 e. The Morgan fingerprint density at radius 1 is 0.824 bits per heavy atom. The number of carbonyl (C=O) groups is 1. The van der Waals surface area contributed by atoms with Gasteiger partial charge in [-0.25, -0.2) is 5.43 Å². The highest BCUT2D eigenvalue weighted by atomic mass is 16.5. The van der Waals surface area contributed by atoms with Crippen LogP contribution >= 0.6 is 0 Å². The normalized spacial score (nSPS) is 11.6. The summed E-state index contributed by atoms with van der Waals surface area (Å²) in [5.74, 6) is 0.657. The van der Waals surface area contributed by atoms with Gasteiger partial charge in [0, 0.05) is 5.56 Å². The fourth-order valence-corrected chi connectivity index (χ4v) is 3.78. The molecule has 1 N–H and O–H groups in total. The highest BCUT2D eigenvalue weighted by molar-refractivity contribution is 5.94. The Kier molecular flexibility index (Phi) is 12.4. The summed E-state index contributed by atoms with van der Waals surface area (Å²) < 4.78 is 5.85. The van der Waals surface area contributed by atoms with Crippen molar-refractivity contribution in [3.05, 3.63) is 65.2 Å². The van der Waals surface area contributed by atoms with Crippen LogP contribution < -0.4 is 10.2 Å². The molecule has 0 bridgehead atoms. The van der Waals surface area contributed by atoms with E-state index in [4.69, 9.17) is 4.74 Å². The molecule has 2 aromatic carbocycles. The predicted molar refractivity (Wildman–Crippen MR) is 144 cm³/mol. The number of carbonyl (C=O) groups excluding carboxylic acids is 1. The molecule has 0 fully saturated rings. The smallest absolute Gasteiger partial charge is 0.271 e. The Balaban J connectivity index is 1.61. The molecule has 0 radical (unpaired) electrons. The third-order valence-corrected chi connectivity index (χ3v) is 6.04. The van der Waals surface area contributed by atoms with E-state index in [-0.39, 0.29) is 11.3 Å². The highest BCUT2D eigenvalue weighted by Gasteiger charge is 2.14. The summed E-state index contributed by atoms with van der Waals surface area (Å²) in [5.41, 5.74) is 5.37. The van der Waals surface area contributed by atoms with Crippen LogP contribution in [0.1, 0.15) is 113 Å². The number of amides is 1. The van der Waals surface area contributed by atoms with Crippen LogP contribution in [0.2, 0.25) is 0 Å². The van der Waals surface area contributed by atoms with Gasteiger partial charge in [-0.15, -0.1) is 0 Å². The Labute approximate surface area is 207 Å². The second-order valence-electron chi connectivity index (χ2n) is 10.1. The van der Waals surface area contributed by atoms with E-state index < -0.39 is 0 Å². The van der Waals surface area contributed by atoms with Gasteiger partial charge < -0.3 is 4.74 Å². The summed E-state index contributed by atoms with van der Waals surface area (Å²) in [7, 11) is 0. The van der Waals surface area contributed by atoms with Gasteiger partial charge in [0.15, 0.2) is 0 Å². The molecule has 0 aliphatic rings. The molecular weight excluding hydrogens is 420 g/mol. The summed E-state index contributed by atoms with van der Waals surface area (Å²) in [6.45, 7) is 9.48. The molecule has 0 unspecified atom stereocenters. The van der Waals surface area contributed by atoms with E-state index in [1.807, 2.05) is 48.5 Å². The predicted octanol–water partition coefficient (Wildman–Crippen LogP) is 8.05. The molecule has 1 amide bonds. The van der Waals surface area contributed by atoms with Gasteiger partial charge in [-0.3, -0.25) is 4.79 Å². The average molecular weight is 465 g/mol. The summed E-state index contributed by atoms with van der Waals surface area (Å²) in [6, 6.07) is 15.5. The molecule has 0 saturated carbocycles. The molecule has 0 aliphatic carbocycles. The number of hydrogen-bond donors (Lipinski definition) is 1. The second kappa shape index (κ2) is 15.3. The average Bonchev–Trinajstić information content (AvgIpc) is 2.83. The summed E-state index contributed by atoms with van der Waals surface area (Å²) in [5, 5.41) is 4.09. The van der Waals surface area contributed by atoms with Crippen LogP contribution in [0.5, 0.6) is 5.75 Å². The topological polar surface area (TPSA) is 50.7 Å². The van der Waals surface area contributed by atoms with Crippen molar-refractivity contribution in [3.8, 4) is 5.75 Å². The lowest BCUT2D eigenvalue weighted by molar-refractivity contribution is 0.0955. The third-order valence-electron chi connectivity index (χ3n) is 6.04. The molecule has 2 aromatic rings. The first kappa shape index (κ1) is 27.6. The Morgan fingerprint density at radius 3 is 1.94 bits per heavy atom. The monoisotopic (exact) mass is 464 g/mol. The summed E-state index contributed by atoms with van der Waals surface area (Å²) in [4.78, 5) is 12.3. The Morgan fingerprint density at radius 2 is 1.38 bits per heavy atom. The molecule has 4 nitrogen and oxygen atoms in total. The van der Waals surface area contributed by atoms with E-state index in [1.54, 1.807) is 6.21 Å². The van der Waals surface area contributed by atoms with Crippen LogP contribution in [0.3, 0.4) is 0 Å². The number of nitrogens with zero attached hydrogens (tertiary/aromatic N) is 1. The number of hydrogen-bond acceptors (Lipinski definition) is 3. The van der Waals surface area contributed by atoms with Crippen molar-refractivity contribution < 1.29 is 9.53 Å². The number of ether oxygens (including phenoxy) is 1. The van der Waals surface area contributed by atoms with Crippen molar-refractivity contribution >= 4 is 12.1 Å². The number of unbranched alkanes of at least 4 members (excludes halogenated alkanes) is 9. The Bertz CT molecular complexity index is 849. The molecule has 2 rings (SSSR count). The first-order chi connectivity index (χ1) is 16.4. The van der Waals surface area contributed by atoms with Gasteiger partial charge >= 0.3 is 0 Å². The van der Waals surface area contributed by atoms with Crippen molar-refractivity contribution in [2.45, 2.75) is 97.3 Å². The fourth-order valence-electron chi connectivity index (χ4n) is 3.78. The van der Waals surface area contributed by atoms with E-state index in [2.05, 4.69) is 38.2 Å². The highest BCUT2D eigenvalue weighted by Crippen LogP contribution is 2.22. The molecule has 0 saturated heterocycles. The maximum atomic E-state index is 12.3. The van der Waals surface area contributed by atoms with Gasteiger partial charge in [-0.2, -0.15) is 5.10 Å². The van der Waals surface area contributed by atoms with Gasteiger partial charge in [0.25, 0.3) is 5.91 Å². The van der Waals surface area contributed by atoms with Crippen LogP contribution in [0, 0.1) is 0 Å². The van der Waals surface area contributed by atoms with Crippen molar-refractivity contribution in [2.75, 3.05) is 6.61 Å². The van der Waals surface area contributed by atoms with E-state index >= 15 is 0 Å². The fraction of sp³-hybridized carbons (Fsp3) is 0.533. The molecule has 0 atom stereocenters. The van der Waals surface area contributed by atoms with Crippen LogP contribution in [0.4, 0.5) is 0 Å². The molecular formula is C30H44N2O2. The second-order valence-corrected chi connectivity index (χ2v) is 10.1. The van der Waals surface area contributed by atoms with Gasteiger partial charge in [0.1, 0.15) is 5.75 Å². The lowest BCUT2D eigenvalue weighted by Crippen LogP contribution is -2.18. The lowest BCUT2D eigenvalue weighted by atomic mass is 9.87. The van der Waals surface area contributed by atoms with Crippen LogP contribution in [-0.4, -0.2) is 18.7 Å². The van der Waals surface area contributed by atoms with Crippen LogP contribution in [0.25, 0.3) is 0 Å². The number of benzene rings is 2. The van der Waals surface area contributed by atoms with Gasteiger partial charge in [0.2, 0.25) is 0 Å². The van der Waals surface area contributed by atoms with Crippen molar-refractivity contribution in [2.24, 2.45) is 5.10 Å². The zero-order chi connectivity index (χ0) is 24.7. The lowest BCUT2D eigenvalue weighted by Gasteiger charge is -2.18. The van der Waals surface area contributed by atoms with Crippen LogP contribution in [0.15, 0.2) is 53.6 Å². The zero-order valence-electron chi connectivity index (χ0n) is 21.7. The van der Waals surface area contributed by atoms with Gasteiger partial charge in [-0.05, 0) is 59.4 Å². The zero-order valence-corrected chi connectivity index (χ0v) is 21.7. The van der Waals surface area contributed by atoms with Gasteiger partial charge in [0.05, 0.1) is 12.8 Å². The summed E-state index contributed by atoms with van der Waals surface area (Å²) in [6.07, 6.45) is 14.9. The molecule has 0 aliphatic heterocycles. The molecule has 186 valence electrons. The third kappa shape index (κ3) is 11.0. The van der Waals surface area contributed by atoms with Crippen molar-refractivity contribution in [1.82, 2.24) is 5.43 Å². The van der Waals surface area contributed by atoms with E-state index in [0.29, 0.717) is 5.56 Å². The van der Waals surface area contributed by atoms with Crippen LogP contribution in [-0.2, 0) is 5.41 Å². The molecule has 4 heteroatoms. The maximum absolute atomic E-state index is 12.3. The molecule has 0 spiro atoms. The largest absolute Gasteiger partial charge is 0.494 e. The Hall–Kier alpha value is -2.62. The van der Waals surface area contributed by atoms with Gasteiger partial charge in [-0.1, -0.05) is 97.6 Å². The van der Waals surface area contributed by atoms with Crippen molar-refractivity contribution in [3.63, 3.8) is 0 Å². The number of hydrazone groups is 1. The molecule has 0 aromatic heterocycles. The quantitative estimate of drug-likeness (QED) is 0.165. The first-order valence-corrected chi connectivity index (χ1v) is 13.1. The minimum atomic E-state index is -0.215. The summed E-state index contributed by atoms with van der Waals surface area (Å²) >= 11 is 0. The first-order valence-electron chi connectivity index (χ1n) is 13.1. The minimum absolute atomic E-state index is 0.0657. The van der Waals surface area contributed by atoms with E-state index in [9.17, 15) is 4.79 Å². The van der Waals surface area contributed by atoms with E-state index in [0.717, 1.165) is 24.3 Å². The van der Waals surface area contributed by atoms with Crippen molar-refractivity contribution in [1.29, 1.82) is 0 Å². The number of rotatable bonds is 15. The minimum Gasteiger partial charge on any atom is -0.494 e.